The first kappa shape index (κ1) is 19.7. The molecule has 0 radical (unpaired) electrons. The number of methoxy groups -OCH3 is 1. The average molecular weight is 417 g/mol. The van der Waals surface area contributed by atoms with Crippen molar-refractivity contribution in [1.29, 1.82) is 0 Å². The van der Waals surface area contributed by atoms with E-state index in [1.807, 2.05) is 12.1 Å². The molecule has 2 amide bonds. The van der Waals surface area contributed by atoms with Gasteiger partial charge in [0.2, 0.25) is 5.91 Å². The summed E-state index contributed by atoms with van der Waals surface area (Å²) in [6.45, 7) is 1.00. The van der Waals surface area contributed by atoms with Gasteiger partial charge >= 0.3 is 0 Å². The second-order valence-electron chi connectivity index (χ2n) is 7.65. The number of halogens is 2. The first-order valence-electron chi connectivity index (χ1n) is 9.63. The number of carbonyl (C=O) groups excluding carboxylic acids is 2. The van der Waals surface area contributed by atoms with Crippen LogP contribution in [0.3, 0.4) is 0 Å². The molecule has 2 aromatic carbocycles. The molecule has 29 heavy (non-hydrogen) atoms. The molecule has 1 saturated carbocycles. The van der Waals surface area contributed by atoms with Crippen molar-refractivity contribution in [2.24, 2.45) is 0 Å². The highest BCUT2D eigenvalue weighted by Crippen LogP contribution is 2.50. The summed E-state index contributed by atoms with van der Waals surface area (Å²) >= 11 is 6.10. The van der Waals surface area contributed by atoms with Crippen LogP contribution in [0.5, 0.6) is 5.75 Å². The minimum Gasteiger partial charge on any atom is -0.495 e. The molecule has 1 heterocycles. The lowest BCUT2D eigenvalue weighted by atomic mass is 9.94. The summed E-state index contributed by atoms with van der Waals surface area (Å²) in [5, 5.41) is 3.62. The van der Waals surface area contributed by atoms with Crippen molar-refractivity contribution in [3.63, 3.8) is 0 Å². The van der Waals surface area contributed by atoms with E-state index < -0.39 is 5.41 Å². The number of amides is 2. The number of hydrogen-bond donors (Lipinski definition) is 1. The lowest BCUT2D eigenvalue weighted by molar-refractivity contribution is -0.124. The largest absolute Gasteiger partial charge is 0.495 e. The Morgan fingerprint density at radius 1 is 1.21 bits per heavy atom. The highest BCUT2D eigenvalue weighted by molar-refractivity contribution is 6.32. The van der Waals surface area contributed by atoms with Gasteiger partial charge in [-0.2, -0.15) is 0 Å². The second-order valence-corrected chi connectivity index (χ2v) is 8.06. The van der Waals surface area contributed by atoms with Gasteiger partial charge in [-0.15, -0.1) is 0 Å². The molecule has 152 valence electrons. The number of carbonyl (C=O) groups is 2. The molecule has 2 aromatic rings. The van der Waals surface area contributed by atoms with Crippen LogP contribution in [0.25, 0.3) is 0 Å². The van der Waals surface area contributed by atoms with Gasteiger partial charge in [-0.1, -0.05) is 17.7 Å². The highest BCUT2D eigenvalue weighted by Gasteiger charge is 2.52. The molecule has 5 nitrogen and oxygen atoms in total. The number of nitrogens with zero attached hydrogens (tertiary/aromatic N) is 1. The molecule has 1 aliphatic carbocycles. The third kappa shape index (κ3) is 3.81. The molecule has 0 aromatic heterocycles. The molecule has 2 fully saturated rings. The highest BCUT2D eigenvalue weighted by atomic mass is 35.5. The maximum absolute atomic E-state index is 13.1. The fourth-order valence-electron chi connectivity index (χ4n) is 3.89. The molecule has 1 atom stereocenters. The summed E-state index contributed by atoms with van der Waals surface area (Å²) in [5.74, 6) is 0.00938. The maximum Gasteiger partial charge on any atom is 0.253 e. The minimum atomic E-state index is -0.549. The van der Waals surface area contributed by atoms with Crippen molar-refractivity contribution in [1.82, 2.24) is 10.2 Å². The van der Waals surface area contributed by atoms with E-state index in [-0.39, 0.29) is 23.7 Å². The fraction of sp³-hybridized carbons (Fsp3) is 0.364. The van der Waals surface area contributed by atoms with Crippen LogP contribution < -0.4 is 10.1 Å². The Labute approximate surface area is 173 Å². The quantitative estimate of drug-likeness (QED) is 0.810. The van der Waals surface area contributed by atoms with Crippen molar-refractivity contribution in [3.05, 3.63) is 64.4 Å². The zero-order chi connectivity index (χ0) is 20.6. The topological polar surface area (TPSA) is 58.6 Å². The second kappa shape index (κ2) is 7.67. The van der Waals surface area contributed by atoms with Gasteiger partial charge in [0.15, 0.2) is 0 Å². The van der Waals surface area contributed by atoms with E-state index in [1.165, 1.54) is 24.3 Å². The Balaban J connectivity index is 1.40. The summed E-state index contributed by atoms with van der Waals surface area (Å²) in [6.07, 6.45) is 2.24. The van der Waals surface area contributed by atoms with Crippen molar-refractivity contribution >= 4 is 23.4 Å². The Hall–Kier alpha value is -2.60. The van der Waals surface area contributed by atoms with Gasteiger partial charge < -0.3 is 15.0 Å². The van der Waals surface area contributed by atoms with E-state index in [2.05, 4.69) is 5.32 Å². The van der Waals surface area contributed by atoms with E-state index in [4.69, 9.17) is 16.3 Å². The normalized spacial score (nSPS) is 19.7. The van der Waals surface area contributed by atoms with E-state index in [9.17, 15) is 14.0 Å². The van der Waals surface area contributed by atoms with Crippen molar-refractivity contribution in [2.75, 3.05) is 20.2 Å². The van der Waals surface area contributed by atoms with Crippen LogP contribution >= 0.6 is 11.6 Å². The predicted octanol–water partition coefficient (Wildman–Crippen LogP) is 3.55. The van der Waals surface area contributed by atoms with Gasteiger partial charge in [0.25, 0.3) is 5.91 Å². The Bertz CT molecular complexity index is 944. The Morgan fingerprint density at radius 3 is 2.59 bits per heavy atom. The summed E-state index contributed by atoms with van der Waals surface area (Å²) in [4.78, 5) is 27.3. The van der Waals surface area contributed by atoms with Gasteiger partial charge in [0.05, 0.1) is 17.5 Å². The van der Waals surface area contributed by atoms with Gasteiger partial charge in [-0.3, -0.25) is 9.59 Å². The SMILES string of the molecule is COc1cc(C2(C(=O)N[C@@H]3CCN(C(=O)c4ccc(F)cc4)C3)CC2)ccc1Cl. The standard InChI is InChI=1S/C22H22ClFN2O3/c1-29-19-12-15(4-7-18(19)23)22(9-10-22)21(28)25-17-8-11-26(13-17)20(27)14-2-5-16(24)6-3-14/h2-7,12,17H,8-11,13H2,1H3,(H,25,28)/t17-/m1/s1. The lowest BCUT2D eigenvalue weighted by Crippen LogP contribution is -2.43. The van der Waals surface area contributed by atoms with Gasteiger partial charge in [-0.05, 0) is 61.2 Å². The zero-order valence-electron chi connectivity index (χ0n) is 16.1. The van der Waals surface area contributed by atoms with E-state index >= 15 is 0 Å². The van der Waals surface area contributed by atoms with Crippen LogP contribution in [0, 0.1) is 5.82 Å². The Kier molecular flexibility index (Phi) is 5.21. The van der Waals surface area contributed by atoms with Crippen molar-refractivity contribution in [3.8, 4) is 5.75 Å². The number of benzene rings is 2. The number of rotatable bonds is 5. The van der Waals surface area contributed by atoms with Crippen LogP contribution in [0.4, 0.5) is 4.39 Å². The van der Waals surface area contributed by atoms with Crippen LogP contribution in [0.1, 0.15) is 35.2 Å². The molecule has 1 aliphatic heterocycles. The Morgan fingerprint density at radius 2 is 1.93 bits per heavy atom. The molecule has 0 bridgehead atoms. The molecule has 1 N–H and O–H groups in total. The smallest absolute Gasteiger partial charge is 0.253 e. The number of nitrogens with one attached hydrogen (secondary N) is 1. The molecule has 1 saturated heterocycles. The average Bonchev–Trinajstić information content (AvgIpc) is 3.41. The monoisotopic (exact) mass is 416 g/mol. The van der Waals surface area contributed by atoms with Crippen LogP contribution in [0.2, 0.25) is 5.02 Å². The molecule has 2 aliphatic rings. The third-order valence-corrected chi connectivity index (χ3v) is 6.10. The first-order chi connectivity index (χ1) is 13.9. The molecule has 7 heteroatoms. The van der Waals surface area contributed by atoms with E-state index in [1.54, 1.807) is 18.1 Å². The fourth-order valence-corrected chi connectivity index (χ4v) is 4.09. The summed E-state index contributed by atoms with van der Waals surface area (Å²) in [7, 11) is 1.55. The van der Waals surface area contributed by atoms with Crippen molar-refractivity contribution in [2.45, 2.75) is 30.7 Å². The zero-order valence-corrected chi connectivity index (χ0v) is 16.8. The summed E-state index contributed by atoms with van der Waals surface area (Å²) in [6, 6.07) is 10.9. The maximum atomic E-state index is 13.1. The molecular formula is C22H22ClFN2O3. The van der Waals surface area contributed by atoms with E-state index in [0.29, 0.717) is 35.8 Å². The summed E-state index contributed by atoms with van der Waals surface area (Å²) < 4.78 is 18.4. The third-order valence-electron chi connectivity index (χ3n) is 5.79. The lowest BCUT2D eigenvalue weighted by Gasteiger charge is -2.21. The number of hydrogen-bond acceptors (Lipinski definition) is 3. The molecular weight excluding hydrogens is 395 g/mol. The van der Waals surface area contributed by atoms with Crippen LogP contribution in [-0.2, 0) is 10.2 Å². The summed E-state index contributed by atoms with van der Waals surface area (Å²) in [5.41, 5.74) is 0.797. The van der Waals surface area contributed by atoms with Crippen molar-refractivity contribution < 1.29 is 18.7 Å². The predicted molar refractivity (Wildman–Crippen MR) is 108 cm³/mol. The minimum absolute atomic E-state index is 0.0250. The number of ether oxygens (including phenoxy) is 1. The molecule has 0 spiro atoms. The number of likely N-dealkylation sites (tertiary alicyclic amines) is 1. The molecule has 4 rings (SSSR count). The first-order valence-corrected chi connectivity index (χ1v) is 10.0. The van der Waals surface area contributed by atoms with Gasteiger partial charge in [-0.25, -0.2) is 4.39 Å². The van der Waals surface area contributed by atoms with Crippen LogP contribution in [0.15, 0.2) is 42.5 Å². The van der Waals surface area contributed by atoms with Gasteiger partial charge in [0.1, 0.15) is 11.6 Å². The van der Waals surface area contributed by atoms with Crippen LogP contribution in [-0.4, -0.2) is 43.0 Å². The van der Waals surface area contributed by atoms with E-state index in [0.717, 1.165) is 18.4 Å². The van der Waals surface area contributed by atoms with Gasteiger partial charge in [0, 0.05) is 24.7 Å². The molecule has 0 unspecified atom stereocenters.